The second-order valence-corrected chi connectivity index (χ2v) is 3.90. The number of aromatic amines is 2. The molecule has 0 bridgehead atoms. The zero-order valence-electron chi connectivity index (χ0n) is 8.53. The van der Waals surface area contributed by atoms with Gasteiger partial charge in [-0.25, -0.2) is 24.4 Å². The third kappa shape index (κ3) is 2.36. The van der Waals surface area contributed by atoms with Crippen LogP contribution in [0.3, 0.4) is 0 Å². The number of hydrogen-bond acceptors (Lipinski definition) is 3. The Kier molecular flexibility index (Phi) is 2.83. The molecule has 0 fully saturated rings. The van der Waals surface area contributed by atoms with E-state index in [0.717, 1.165) is 4.57 Å². The lowest BCUT2D eigenvalue weighted by Gasteiger charge is -2.23. The van der Waals surface area contributed by atoms with Crippen LogP contribution in [0.2, 0.25) is 0 Å². The van der Waals surface area contributed by atoms with Gasteiger partial charge in [-0.1, -0.05) is 0 Å². The van der Waals surface area contributed by atoms with Crippen LogP contribution in [0.15, 0.2) is 9.59 Å². The number of nitrogens with one attached hydrogen (secondary N) is 2. The van der Waals surface area contributed by atoms with Crippen molar-refractivity contribution in [1.29, 1.82) is 0 Å². The van der Waals surface area contributed by atoms with Crippen LogP contribution in [0, 0.1) is 0 Å². The van der Waals surface area contributed by atoms with Crippen LogP contribution in [-0.2, 0) is 10.3 Å². The minimum absolute atomic E-state index is 0.0932. The summed E-state index contributed by atoms with van der Waals surface area (Å²) < 4.78 is 0.982. The number of carboxylic acid groups (broad SMARTS) is 1. The summed E-state index contributed by atoms with van der Waals surface area (Å²) in [5.41, 5.74) is -1.94. The lowest BCUT2D eigenvalue weighted by atomic mass is 9.98. The van der Waals surface area contributed by atoms with Crippen molar-refractivity contribution in [2.75, 3.05) is 0 Å². The van der Waals surface area contributed by atoms with Crippen molar-refractivity contribution in [2.45, 2.75) is 32.2 Å². The molecule has 0 unspecified atom stereocenters. The number of carbonyl (C=O) groups is 1. The van der Waals surface area contributed by atoms with E-state index in [-0.39, 0.29) is 12.8 Å². The third-order valence-corrected chi connectivity index (χ3v) is 2.24. The van der Waals surface area contributed by atoms with Crippen LogP contribution in [0.25, 0.3) is 0 Å². The molecule has 0 saturated carbocycles. The molecule has 0 amide bonds. The fraction of sp³-hybridized carbons (Fsp3) is 0.625. The predicted octanol–water partition coefficient (Wildman–Crippen LogP) is -0.535. The first kappa shape index (κ1) is 11.3. The Hall–Kier alpha value is -1.79. The summed E-state index contributed by atoms with van der Waals surface area (Å²) in [5, 5.41) is 12.8. The quantitative estimate of drug-likeness (QED) is 0.627. The van der Waals surface area contributed by atoms with Gasteiger partial charge in [0.25, 0.3) is 0 Å². The molecular formula is C8H13N3O4. The fourth-order valence-electron chi connectivity index (χ4n) is 1.39. The predicted molar refractivity (Wildman–Crippen MR) is 51.9 cm³/mol. The molecular weight excluding hydrogens is 202 g/mol. The molecule has 84 valence electrons. The van der Waals surface area contributed by atoms with E-state index in [1.165, 1.54) is 0 Å². The van der Waals surface area contributed by atoms with Gasteiger partial charge in [-0.15, -0.1) is 0 Å². The van der Waals surface area contributed by atoms with Gasteiger partial charge in [-0.2, -0.15) is 0 Å². The molecule has 0 spiro atoms. The van der Waals surface area contributed by atoms with Gasteiger partial charge in [0.15, 0.2) is 0 Å². The molecule has 7 nitrogen and oxygen atoms in total. The molecule has 0 saturated heterocycles. The Balaban J connectivity index is 3.00. The van der Waals surface area contributed by atoms with Crippen molar-refractivity contribution in [1.82, 2.24) is 14.8 Å². The highest BCUT2D eigenvalue weighted by molar-refractivity contribution is 5.66. The van der Waals surface area contributed by atoms with Gasteiger partial charge in [0.2, 0.25) is 0 Å². The molecule has 1 aromatic heterocycles. The maximum absolute atomic E-state index is 11.3. The summed E-state index contributed by atoms with van der Waals surface area (Å²) in [4.78, 5) is 32.9. The molecule has 0 atom stereocenters. The fourth-order valence-corrected chi connectivity index (χ4v) is 1.39. The monoisotopic (exact) mass is 215 g/mol. The Morgan fingerprint density at radius 2 is 1.80 bits per heavy atom. The summed E-state index contributed by atoms with van der Waals surface area (Å²) >= 11 is 0. The van der Waals surface area contributed by atoms with E-state index in [9.17, 15) is 14.4 Å². The Morgan fingerprint density at radius 1 is 1.33 bits per heavy atom. The number of aliphatic carboxylic acids is 1. The first-order valence-electron chi connectivity index (χ1n) is 4.46. The molecule has 0 aliphatic rings. The maximum Gasteiger partial charge on any atom is 0.344 e. The number of hydrogen-bond donors (Lipinski definition) is 3. The SMILES string of the molecule is CC(C)(CCC(=O)O)n1c(=O)[nH][nH]c1=O. The summed E-state index contributed by atoms with van der Waals surface area (Å²) in [7, 11) is 0. The highest BCUT2D eigenvalue weighted by atomic mass is 16.4. The second-order valence-electron chi connectivity index (χ2n) is 3.90. The summed E-state index contributed by atoms with van der Waals surface area (Å²) in [6.45, 7) is 3.28. The average molecular weight is 215 g/mol. The van der Waals surface area contributed by atoms with E-state index in [4.69, 9.17) is 5.11 Å². The largest absolute Gasteiger partial charge is 0.481 e. The van der Waals surface area contributed by atoms with Gasteiger partial charge >= 0.3 is 17.3 Å². The zero-order chi connectivity index (χ0) is 11.6. The van der Waals surface area contributed by atoms with Gasteiger partial charge in [0.1, 0.15) is 0 Å². The molecule has 0 aromatic carbocycles. The summed E-state index contributed by atoms with van der Waals surface area (Å²) in [6.07, 6.45) is 0.118. The van der Waals surface area contributed by atoms with E-state index in [1.807, 2.05) is 0 Å². The van der Waals surface area contributed by atoms with Crippen LogP contribution < -0.4 is 11.4 Å². The molecule has 1 heterocycles. The average Bonchev–Trinajstić information content (AvgIpc) is 2.43. The van der Waals surface area contributed by atoms with E-state index in [2.05, 4.69) is 10.2 Å². The van der Waals surface area contributed by atoms with Crippen molar-refractivity contribution in [3.8, 4) is 0 Å². The summed E-state index contributed by atoms with van der Waals surface area (Å²) in [6, 6.07) is 0. The van der Waals surface area contributed by atoms with Crippen LogP contribution >= 0.6 is 0 Å². The van der Waals surface area contributed by atoms with Crippen molar-refractivity contribution in [2.24, 2.45) is 0 Å². The van der Waals surface area contributed by atoms with E-state index >= 15 is 0 Å². The van der Waals surface area contributed by atoms with Crippen molar-refractivity contribution < 1.29 is 9.90 Å². The third-order valence-electron chi connectivity index (χ3n) is 2.24. The second kappa shape index (κ2) is 3.76. The van der Waals surface area contributed by atoms with Crippen molar-refractivity contribution in [3.63, 3.8) is 0 Å². The highest BCUT2D eigenvalue weighted by Gasteiger charge is 2.25. The molecule has 7 heteroatoms. The number of rotatable bonds is 4. The first-order valence-corrected chi connectivity index (χ1v) is 4.46. The number of H-pyrrole nitrogens is 2. The van der Waals surface area contributed by atoms with Crippen molar-refractivity contribution in [3.05, 3.63) is 21.0 Å². The maximum atomic E-state index is 11.3. The van der Waals surface area contributed by atoms with Crippen LogP contribution in [0.5, 0.6) is 0 Å². The van der Waals surface area contributed by atoms with Crippen molar-refractivity contribution >= 4 is 5.97 Å². The topological polar surface area (TPSA) is 108 Å². The lowest BCUT2D eigenvalue weighted by molar-refractivity contribution is -0.137. The molecule has 1 aromatic rings. The van der Waals surface area contributed by atoms with Gasteiger partial charge in [-0.05, 0) is 20.3 Å². The molecule has 0 aliphatic carbocycles. The van der Waals surface area contributed by atoms with Gasteiger partial charge in [-0.3, -0.25) is 4.79 Å². The molecule has 0 aliphatic heterocycles. The van der Waals surface area contributed by atoms with Crippen LogP contribution in [-0.4, -0.2) is 25.8 Å². The number of nitrogens with zero attached hydrogens (tertiary/aromatic N) is 1. The van der Waals surface area contributed by atoms with Gasteiger partial charge < -0.3 is 5.11 Å². The Bertz CT molecular complexity index is 437. The highest BCUT2D eigenvalue weighted by Crippen LogP contribution is 2.17. The lowest BCUT2D eigenvalue weighted by Crippen LogP contribution is -2.41. The number of carboxylic acids is 1. The van der Waals surface area contributed by atoms with Gasteiger partial charge in [0.05, 0.1) is 0 Å². The van der Waals surface area contributed by atoms with E-state index in [1.54, 1.807) is 13.8 Å². The summed E-state index contributed by atoms with van der Waals surface area (Å²) in [5.74, 6) is -0.955. The molecule has 3 N–H and O–H groups in total. The first-order chi connectivity index (χ1) is 6.84. The minimum atomic E-state index is -0.955. The number of aromatic nitrogens is 3. The normalized spacial score (nSPS) is 11.6. The zero-order valence-corrected chi connectivity index (χ0v) is 8.53. The van der Waals surface area contributed by atoms with Gasteiger partial charge in [0, 0.05) is 12.0 Å². The standard InChI is InChI=1S/C8H13N3O4/c1-8(2,4-3-5(12)13)11-6(14)9-10-7(11)15/h3-4H2,1-2H3,(H,9,14)(H,10,15)(H,12,13). The van der Waals surface area contributed by atoms with Crippen LogP contribution in [0.4, 0.5) is 0 Å². The van der Waals surface area contributed by atoms with E-state index in [0.29, 0.717) is 0 Å². The Morgan fingerprint density at radius 3 is 2.20 bits per heavy atom. The van der Waals surface area contributed by atoms with Crippen LogP contribution in [0.1, 0.15) is 26.7 Å². The minimum Gasteiger partial charge on any atom is -0.481 e. The molecule has 0 radical (unpaired) electrons. The smallest absolute Gasteiger partial charge is 0.344 e. The Labute approximate surface area is 84.7 Å². The molecule has 1 rings (SSSR count). The van der Waals surface area contributed by atoms with E-state index < -0.39 is 22.9 Å². The molecule has 15 heavy (non-hydrogen) atoms.